The molecule has 1 aliphatic rings. The summed E-state index contributed by atoms with van der Waals surface area (Å²) in [5, 5.41) is 6.48. The van der Waals surface area contributed by atoms with Gasteiger partial charge >= 0.3 is 0 Å². The van der Waals surface area contributed by atoms with Crippen LogP contribution >= 0.6 is 23.8 Å². The normalized spacial score (nSPS) is 14.2. The van der Waals surface area contributed by atoms with Crippen molar-refractivity contribution in [3.8, 4) is 0 Å². The highest BCUT2D eigenvalue weighted by Gasteiger charge is 2.11. The molecule has 2 rings (SSSR count). The Balaban J connectivity index is 1.75. The third kappa shape index (κ3) is 5.14. The van der Waals surface area contributed by atoms with Crippen LogP contribution in [0.2, 0.25) is 5.02 Å². The Kier molecular flexibility index (Phi) is 6.21. The molecule has 2 N–H and O–H groups in total. The third-order valence-electron chi connectivity index (χ3n) is 3.46. The van der Waals surface area contributed by atoms with Crippen molar-refractivity contribution in [2.45, 2.75) is 32.1 Å². The summed E-state index contributed by atoms with van der Waals surface area (Å²) < 4.78 is 0. The van der Waals surface area contributed by atoms with Gasteiger partial charge in [-0.2, -0.15) is 0 Å². The Bertz CT molecular complexity index is 557. The van der Waals surface area contributed by atoms with Crippen molar-refractivity contribution in [1.82, 2.24) is 10.6 Å². The maximum Gasteiger partial charge on any atom is 0.258 e. The van der Waals surface area contributed by atoms with Gasteiger partial charge in [0.15, 0.2) is 5.11 Å². The van der Waals surface area contributed by atoms with E-state index in [4.69, 9.17) is 23.8 Å². The molecule has 1 aliphatic carbocycles. The van der Waals surface area contributed by atoms with Crippen LogP contribution < -0.4 is 10.6 Å². The van der Waals surface area contributed by atoms with Crippen LogP contribution in [0.1, 0.15) is 42.5 Å². The molecule has 0 spiro atoms. The van der Waals surface area contributed by atoms with Gasteiger partial charge < -0.3 is 5.32 Å². The molecular weight excluding hydrogens is 304 g/mol. The minimum absolute atomic E-state index is 0.282. The zero-order valence-electron chi connectivity index (χ0n) is 11.8. The van der Waals surface area contributed by atoms with Gasteiger partial charge in [-0.1, -0.05) is 35.4 Å². The number of hydrogen-bond donors (Lipinski definition) is 2. The Labute approximate surface area is 135 Å². The summed E-state index contributed by atoms with van der Waals surface area (Å²) in [4.78, 5) is 12.0. The van der Waals surface area contributed by atoms with Crippen LogP contribution in [-0.2, 0) is 0 Å². The number of carbonyl (C=O) groups excluding carboxylic acids is 1. The molecule has 0 radical (unpaired) electrons. The number of allylic oxidation sites excluding steroid dienone is 1. The molecule has 0 bridgehead atoms. The number of benzene rings is 1. The van der Waals surface area contributed by atoms with Crippen molar-refractivity contribution < 1.29 is 4.79 Å². The second kappa shape index (κ2) is 8.15. The van der Waals surface area contributed by atoms with Crippen LogP contribution in [0, 0.1) is 0 Å². The SMILES string of the molecule is O=C(NC(=S)NCCC1=CCCCC1)c1ccccc1Cl. The zero-order valence-corrected chi connectivity index (χ0v) is 13.4. The summed E-state index contributed by atoms with van der Waals surface area (Å²) in [5.74, 6) is -0.282. The molecule has 21 heavy (non-hydrogen) atoms. The van der Waals surface area contributed by atoms with Crippen LogP contribution in [0.3, 0.4) is 0 Å². The van der Waals surface area contributed by atoms with E-state index in [1.54, 1.807) is 24.3 Å². The molecule has 112 valence electrons. The Morgan fingerprint density at radius 1 is 1.29 bits per heavy atom. The first kappa shape index (κ1) is 16.0. The minimum Gasteiger partial charge on any atom is -0.362 e. The standard InChI is InChI=1S/C16H19ClN2OS/c17-14-9-5-4-8-13(14)15(20)19-16(21)18-11-10-12-6-2-1-3-7-12/h4-6,8-9H,1-3,7,10-11H2,(H2,18,19,20,21). The summed E-state index contributed by atoms with van der Waals surface area (Å²) in [7, 11) is 0. The van der Waals surface area contributed by atoms with Crippen LogP contribution in [0.5, 0.6) is 0 Å². The summed E-state index contributed by atoms with van der Waals surface area (Å²) in [6.45, 7) is 0.744. The second-order valence-electron chi connectivity index (χ2n) is 5.05. The monoisotopic (exact) mass is 322 g/mol. The first-order valence-electron chi connectivity index (χ1n) is 7.18. The number of rotatable bonds is 4. The van der Waals surface area contributed by atoms with Gasteiger partial charge in [0.25, 0.3) is 5.91 Å². The average Bonchev–Trinajstić information content (AvgIpc) is 2.48. The van der Waals surface area contributed by atoms with Crippen molar-refractivity contribution in [3.05, 3.63) is 46.5 Å². The molecule has 0 heterocycles. The maximum absolute atomic E-state index is 12.0. The van der Waals surface area contributed by atoms with Gasteiger partial charge in [0.05, 0.1) is 10.6 Å². The number of nitrogens with one attached hydrogen (secondary N) is 2. The lowest BCUT2D eigenvalue weighted by Gasteiger charge is -2.14. The molecule has 0 aliphatic heterocycles. The smallest absolute Gasteiger partial charge is 0.258 e. The lowest BCUT2D eigenvalue weighted by atomic mass is 9.97. The summed E-state index contributed by atoms with van der Waals surface area (Å²) in [6, 6.07) is 6.91. The van der Waals surface area contributed by atoms with Crippen molar-refractivity contribution >= 4 is 34.8 Å². The summed E-state index contributed by atoms with van der Waals surface area (Å²) in [6.07, 6.45) is 8.23. The third-order valence-corrected chi connectivity index (χ3v) is 4.04. The van der Waals surface area contributed by atoms with Gasteiger partial charge in [0, 0.05) is 6.54 Å². The van der Waals surface area contributed by atoms with E-state index in [9.17, 15) is 4.79 Å². The van der Waals surface area contributed by atoms with Gasteiger partial charge in [-0.3, -0.25) is 10.1 Å². The molecule has 1 aromatic carbocycles. The minimum atomic E-state index is -0.282. The maximum atomic E-state index is 12.0. The van der Waals surface area contributed by atoms with E-state index < -0.39 is 0 Å². The fourth-order valence-corrected chi connectivity index (χ4v) is 2.74. The number of thiocarbonyl (C=S) groups is 1. The number of hydrogen-bond acceptors (Lipinski definition) is 2. The average molecular weight is 323 g/mol. The lowest BCUT2D eigenvalue weighted by Crippen LogP contribution is -2.39. The fourth-order valence-electron chi connectivity index (χ4n) is 2.33. The fraction of sp³-hybridized carbons (Fsp3) is 0.375. The first-order chi connectivity index (χ1) is 10.2. The van der Waals surface area contributed by atoms with Gasteiger partial charge in [0.2, 0.25) is 0 Å². The van der Waals surface area contributed by atoms with Crippen LogP contribution in [0.15, 0.2) is 35.9 Å². The number of amides is 1. The Morgan fingerprint density at radius 3 is 2.81 bits per heavy atom. The van der Waals surface area contributed by atoms with Gasteiger partial charge in [-0.15, -0.1) is 0 Å². The van der Waals surface area contributed by atoms with Gasteiger partial charge in [-0.25, -0.2) is 0 Å². The van der Waals surface area contributed by atoms with E-state index in [2.05, 4.69) is 16.7 Å². The zero-order chi connectivity index (χ0) is 15.1. The van der Waals surface area contributed by atoms with Crippen LogP contribution in [-0.4, -0.2) is 17.6 Å². The van der Waals surface area contributed by atoms with E-state index in [1.165, 1.54) is 31.3 Å². The molecule has 0 unspecified atom stereocenters. The number of halogens is 1. The quantitative estimate of drug-likeness (QED) is 0.654. The number of carbonyl (C=O) groups is 1. The van der Waals surface area contributed by atoms with Crippen molar-refractivity contribution in [2.24, 2.45) is 0 Å². The van der Waals surface area contributed by atoms with Crippen molar-refractivity contribution in [3.63, 3.8) is 0 Å². The molecule has 0 atom stereocenters. The molecule has 0 fully saturated rings. The highest BCUT2D eigenvalue weighted by Crippen LogP contribution is 2.19. The van der Waals surface area contributed by atoms with E-state index >= 15 is 0 Å². The molecular formula is C16H19ClN2OS. The Hall–Kier alpha value is -1.39. The predicted molar refractivity (Wildman–Crippen MR) is 90.7 cm³/mol. The van der Waals surface area contributed by atoms with Crippen LogP contribution in [0.4, 0.5) is 0 Å². The van der Waals surface area contributed by atoms with E-state index in [0.29, 0.717) is 15.7 Å². The first-order valence-corrected chi connectivity index (χ1v) is 7.97. The van der Waals surface area contributed by atoms with Crippen molar-refractivity contribution in [2.75, 3.05) is 6.54 Å². The molecule has 1 amide bonds. The van der Waals surface area contributed by atoms with E-state index in [-0.39, 0.29) is 5.91 Å². The largest absolute Gasteiger partial charge is 0.362 e. The molecule has 1 aromatic rings. The molecule has 3 nitrogen and oxygen atoms in total. The van der Waals surface area contributed by atoms with E-state index in [1.807, 2.05) is 0 Å². The highest BCUT2D eigenvalue weighted by molar-refractivity contribution is 7.80. The predicted octanol–water partition coefficient (Wildman–Crippen LogP) is 3.83. The van der Waals surface area contributed by atoms with Gasteiger partial charge in [0.1, 0.15) is 0 Å². The topological polar surface area (TPSA) is 41.1 Å². The second-order valence-corrected chi connectivity index (χ2v) is 5.86. The Morgan fingerprint density at radius 2 is 2.10 bits per heavy atom. The van der Waals surface area contributed by atoms with Gasteiger partial charge in [-0.05, 0) is 56.5 Å². The van der Waals surface area contributed by atoms with Crippen molar-refractivity contribution in [1.29, 1.82) is 0 Å². The summed E-state index contributed by atoms with van der Waals surface area (Å²) >= 11 is 11.1. The molecule has 0 aromatic heterocycles. The highest BCUT2D eigenvalue weighted by atomic mass is 35.5. The van der Waals surface area contributed by atoms with Crippen LogP contribution in [0.25, 0.3) is 0 Å². The summed E-state index contributed by atoms with van der Waals surface area (Å²) in [5.41, 5.74) is 1.91. The van der Waals surface area contributed by atoms with E-state index in [0.717, 1.165) is 13.0 Å². The molecule has 5 heteroatoms. The lowest BCUT2D eigenvalue weighted by molar-refractivity contribution is 0.0977. The molecule has 0 saturated heterocycles. The molecule has 0 saturated carbocycles.